The Balaban J connectivity index is 4.18. The summed E-state index contributed by atoms with van der Waals surface area (Å²) in [6, 6.07) is 0. The minimum Gasteiger partial charge on any atom is -0.466 e. The summed E-state index contributed by atoms with van der Waals surface area (Å²) in [4.78, 5) is 11.8. The molecule has 2 heteroatoms. The van der Waals surface area contributed by atoms with Crippen LogP contribution in [0.4, 0.5) is 0 Å². The van der Waals surface area contributed by atoms with Gasteiger partial charge in [-0.05, 0) is 32.6 Å². The Morgan fingerprint density at radius 1 is 0.696 bits per heavy atom. The molecule has 0 aliphatic heterocycles. The summed E-state index contributed by atoms with van der Waals surface area (Å²) in [6.45, 7) is 6.44. The Labute approximate surface area is 145 Å². The highest BCUT2D eigenvalue weighted by Gasteiger charge is 2.10. The lowest BCUT2D eigenvalue weighted by molar-refractivity contribution is -0.136. The maximum absolute atomic E-state index is 11.8. The Morgan fingerprint density at radius 2 is 1.09 bits per heavy atom. The van der Waals surface area contributed by atoms with Crippen LogP contribution in [0.2, 0.25) is 0 Å². The van der Waals surface area contributed by atoms with Crippen molar-refractivity contribution in [1.29, 1.82) is 0 Å². The second-order valence-corrected chi connectivity index (χ2v) is 6.76. The van der Waals surface area contributed by atoms with Gasteiger partial charge in [0.2, 0.25) is 0 Å². The molecule has 0 saturated carbocycles. The van der Waals surface area contributed by atoms with E-state index < -0.39 is 0 Å². The van der Waals surface area contributed by atoms with E-state index in [-0.39, 0.29) is 5.97 Å². The van der Waals surface area contributed by atoms with E-state index >= 15 is 0 Å². The third-order valence-corrected chi connectivity index (χ3v) is 4.69. The van der Waals surface area contributed by atoms with Crippen LogP contribution in [0.3, 0.4) is 0 Å². The van der Waals surface area contributed by atoms with Gasteiger partial charge in [0.25, 0.3) is 0 Å². The Kier molecular flexibility index (Phi) is 15.5. The number of hydrogen-bond acceptors (Lipinski definition) is 2. The van der Waals surface area contributed by atoms with Crippen LogP contribution in [0.1, 0.15) is 111 Å². The second kappa shape index (κ2) is 16.1. The first-order valence-electron chi connectivity index (χ1n) is 9.94. The average molecular weight is 325 g/mol. The maximum atomic E-state index is 11.8. The van der Waals surface area contributed by atoms with Gasteiger partial charge in [-0.3, -0.25) is 0 Å². The number of unbranched alkanes of at least 4 members (excludes halogenated alkanes) is 10. The normalized spacial score (nSPS) is 10.6. The van der Waals surface area contributed by atoms with E-state index in [1.807, 2.05) is 6.92 Å². The van der Waals surface area contributed by atoms with Crippen LogP contribution in [0.15, 0.2) is 11.1 Å². The van der Waals surface area contributed by atoms with Gasteiger partial charge in [-0.25, -0.2) is 4.79 Å². The van der Waals surface area contributed by atoms with Crippen LogP contribution in [-0.2, 0) is 9.53 Å². The van der Waals surface area contributed by atoms with E-state index in [4.69, 9.17) is 4.74 Å². The van der Waals surface area contributed by atoms with E-state index in [1.54, 1.807) is 0 Å². The molecule has 0 spiro atoms. The van der Waals surface area contributed by atoms with Crippen LogP contribution in [0.25, 0.3) is 0 Å². The predicted molar refractivity (Wildman–Crippen MR) is 101 cm³/mol. The number of hydrogen-bond donors (Lipinski definition) is 0. The molecule has 23 heavy (non-hydrogen) atoms. The van der Waals surface area contributed by atoms with Crippen LogP contribution in [-0.4, -0.2) is 13.1 Å². The lowest BCUT2D eigenvalue weighted by Crippen LogP contribution is -2.05. The van der Waals surface area contributed by atoms with E-state index in [0.717, 1.165) is 18.4 Å². The van der Waals surface area contributed by atoms with Crippen molar-refractivity contribution in [2.45, 2.75) is 111 Å². The number of ether oxygens (including phenoxy) is 1. The van der Waals surface area contributed by atoms with Crippen LogP contribution in [0.5, 0.6) is 0 Å². The fourth-order valence-electron chi connectivity index (χ4n) is 3.03. The molecule has 0 N–H and O–H groups in total. The molecule has 0 bridgehead atoms. The molecule has 2 nitrogen and oxygen atoms in total. The van der Waals surface area contributed by atoms with Crippen molar-refractivity contribution in [2.24, 2.45) is 0 Å². The summed E-state index contributed by atoms with van der Waals surface area (Å²) in [5.74, 6) is -0.142. The van der Waals surface area contributed by atoms with Gasteiger partial charge in [0.05, 0.1) is 7.11 Å². The first-order chi connectivity index (χ1) is 11.2. The van der Waals surface area contributed by atoms with Crippen molar-refractivity contribution in [1.82, 2.24) is 0 Å². The quantitative estimate of drug-likeness (QED) is 0.184. The van der Waals surface area contributed by atoms with Crippen molar-refractivity contribution in [2.75, 3.05) is 7.11 Å². The summed E-state index contributed by atoms with van der Waals surface area (Å²) in [6.07, 6.45) is 17.8. The minimum atomic E-state index is -0.142. The zero-order valence-corrected chi connectivity index (χ0v) is 16.2. The topological polar surface area (TPSA) is 26.3 Å². The standard InChI is InChI=1S/C21H40O2/c1-5-7-9-11-13-15-17-20(19(3)21(22)23-4)18-16-14-12-10-8-6-2/h5-18H2,1-4H3. The van der Waals surface area contributed by atoms with Gasteiger partial charge in [0, 0.05) is 5.57 Å². The fraction of sp³-hybridized carbons (Fsp3) is 0.857. The first-order valence-corrected chi connectivity index (χ1v) is 9.94. The molecule has 0 aromatic rings. The molecule has 0 saturated heterocycles. The highest BCUT2D eigenvalue weighted by atomic mass is 16.5. The molecule has 0 atom stereocenters. The predicted octanol–water partition coefficient (Wildman–Crippen LogP) is 6.98. The Morgan fingerprint density at radius 3 is 1.48 bits per heavy atom. The molecule has 136 valence electrons. The van der Waals surface area contributed by atoms with E-state index in [0.29, 0.717) is 0 Å². The molecule has 0 aliphatic rings. The highest BCUT2D eigenvalue weighted by Crippen LogP contribution is 2.22. The first kappa shape index (κ1) is 22.2. The smallest absolute Gasteiger partial charge is 0.333 e. The SMILES string of the molecule is CCCCCCCCC(CCCCCCCC)=C(C)C(=O)OC. The van der Waals surface area contributed by atoms with Crippen molar-refractivity contribution >= 4 is 5.97 Å². The van der Waals surface area contributed by atoms with Crippen LogP contribution >= 0.6 is 0 Å². The Bertz CT molecular complexity index is 300. The van der Waals surface area contributed by atoms with E-state index in [2.05, 4.69) is 13.8 Å². The van der Waals surface area contributed by atoms with Gasteiger partial charge in [-0.2, -0.15) is 0 Å². The molecule has 0 fully saturated rings. The van der Waals surface area contributed by atoms with Crippen LogP contribution < -0.4 is 0 Å². The molecular formula is C21H40O2. The van der Waals surface area contributed by atoms with Crippen LogP contribution in [0, 0.1) is 0 Å². The number of rotatable bonds is 15. The summed E-state index contributed by atoms with van der Waals surface area (Å²) >= 11 is 0. The molecule has 0 aromatic heterocycles. The van der Waals surface area contributed by atoms with Gasteiger partial charge in [0.1, 0.15) is 0 Å². The lowest BCUT2D eigenvalue weighted by atomic mass is 9.96. The number of carbonyl (C=O) groups is 1. The summed E-state index contributed by atoms with van der Waals surface area (Å²) < 4.78 is 4.91. The number of carbonyl (C=O) groups excluding carboxylic acids is 1. The lowest BCUT2D eigenvalue weighted by Gasteiger charge is -2.12. The molecule has 0 radical (unpaired) electrons. The molecule has 0 unspecified atom stereocenters. The molecule has 0 rings (SSSR count). The molecule has 0 aliphatic carbocycles. The van der Waals surface area contributed by atoms with Crippen molar-refractivity contribution in [3.63, 3.8) is 0 Å². The second-order valence-electron chi connectivity index (χ2n) is 6.76. The largest absolute Gasteiger partial charge is 0.466 e. The van der Waals surface area contributed by atoms with E-state index in [9.17, 15) is 4.79 Å². The van der Waals surface area contributed by atoms with Gasteiger partial charge >= 0.3 is 5.97 Å². The molecular weight excluding hydrogens is 284 g/mol. The number of methoxy groups -OCH3 is 1. The fourth-order valence-corrected chi connectivity index (χ4v) is 3.03. The van der Waals surface area contributed by atoms with Crippen molar-refractivity contribution in [3.05, 3.63) is 11.1 Å². The maximum Gasteiger partial charge on any atom is 0.333 e. The minimum absolute atomic E-state index is 0.142. The number of esters is 1. The Hall–Kier alpha value is -0.790. The van der Waals surface area contributed by atoms with Gasteiger partial charge in [0.15, 0.2) is 0 Å². The van der Waals surface area contributed by atoms with Crippen molar-refractivity contribution < 1.29 is 9.53 Å². The third-order valence-electron chi connectivity index (χ3n) is 4.69. The van der Waals surface area contributed by atoms with E-state index in [1.165, 1.54) is 89.7 Å². The molecule has 0 heterocycles. The summed E-state index contributed by atoms with van der Waals surface area (Å²) in [5, 5.41) is 0. The number of allylic oxidation sites excluding steroid dienone is 1. The highest BCUT2D eigenvalue weighted by molar-refractivity contribution is 5.88. The third kappa shape index (κ3) is 12.3. The van der Waals surface area contributed by atoms with Crippen molar-refractivity contribution in [3.8, 4) is 0 Å². The monoisotopic (exact) mass is 324 g/mol. The van der Waals surface area contributed by atoms with Gasteiger partial charge < -0.3 is 4.74 Å². The molecule has 0 amide bonds. The molecule has 0 aromatic carbocycles. The van der Waals surface area contributed by atoms with Gasteiger partial charge in [-0.1, -0.05) is 83.6 Å². The average Bonchev–Trinajstić information content (AvgIpc) is 2.57. The zero-order valence-electron chi connectivity index (χ0n) is 16.2. The van der Waals surface area contributed by atoms with Gasteiger partial charge in [-0.15, -0.1) is 0 Å². The summed E-state index contributed by atoms with van der Waals surface area (Å²) in [7, 11) is 1.49. The zero-order chi connectivity index (χ0) is 17.3. The summed E-state index contributed by atoms with van der Waals surface area (Å²) in [5.41, 5.74) is 2.19.